The van der Waals surface area contributed by atoms with Crippen molar-refractivity contribution in [3.8, 4) is 0 Å². The molecule has 1 N–H and O–H groups in total. The molecule has 0 radical (unpaired) electrons. The van der Waals surface area contributed by atoms with E-state index in [-0.39, 0.29) is 17.8 Å². The minimum atomic E-state index is -0.760. The molecule has 2 heterocycles. The average molecular weight is 264 g/mol. The highest BCUT2D eigenvalue weighted by Gasteiger charge is 2.34. The SMILES string of the molecule is CC1C(=O)NC(=O)CN1C(=O)c1ccc(=O)n(C)n1. The van der Waals surface area contributed by atoms with Crippen molar-refractivity contribution in [1.82, 2.24) is 20.0 Å². The summed E-state index contributed by atoms with van der Waals surface area (Å²) in [5.41, 5.74) is -0.339. The van der Waals surface area contributed by atoms with E-state index in [4.69, 9.17) is 0 Å². The molecule has 1 saturated heterocycles. The second kappa shape index (κ2) is 4.63. The van der Waals surface area contributed by atoms with Gasteiger partial charge < -0.3 is 4.90 Å². The van der Waals surface area contributed by atoms with E-state index in [2.05, 4.69) is 10.4 Å². The summed E-state index contributed by atoms with van der Waals surface area (Å²) in [5.74, 6) is -1.64. The third-order valence-corrected chi connectivity index (χ3v) is 2.86. The number of aryl methyl sites for hydroxylation is 1. The molecule has 1 aromatic heterocycles. The van der Waals surface area contributed by atoms with Gasteiger partial charge in [-0.25, -0.2) is 4.68 Å². The topological polar surface area (TPSA) is 101 Å². The van der Waals surface area contributed by atoms with Crippen LogP contribution in [0.15, 0.2) is 16.9 Å². The van der Waals surface area contributed by atoms with Crippen LogP contribution >= 0.6 is 0 Å². The van der Waals surface area contributed by atoms with Crippen LogP contribution in [0.5, 0.6) is 0 Å². The number of rotatable bonds is 1. The Bertz CT molecular complexity index is 621. The molecule has 0 aromatic carbocycles. The molecule has 1 aliphatic heterocycles. The van der Waals surface area contributed by atoms with E-state index in [0.29, 0.717) is 0 Å². The van der Waals surface area contributed by atoms with Crippen molar-refractivity contribution in [3.05, 3.63) is 28.2 Å². The summed E-state index contributed by atoms with van der Waals surface area (Å²) < 4.78 is 1.02. The van der Waals surface area contributed by atoms with E-state index in [9.17, 15) is 19.2 Å². The molecule has 1 unspecified atom stereocenters. The third kappa shape index (κ3) is 2.37. The molecule has 0 bridgehead atoms. The van der Waals surface area contributed by atoms with Crippen LogP contribution in [0.3, 0.4) is 0 Å². The summed E-state index contributed by atoms with van der Waals surface area (Å²) in [5, 5.41) is 5.94. The first kappa shape index (κ1) is 12.9. The van der Waals surface area contributed by atoms with Crippen LogP contribution in [-0.4, -0.2) is 45.0 Å². The molecule has 1 aromatic rings. The fraction of sp³-hybridized carbons (Fsp3) is 0.364. The number of hydrogen-bond donors (Lipinski definition) is 1. The van der Waals surface area contributed by atoms with Gasteiger partial charge in [0, 0.05) is 13.1 Å². The van der Waals surface area contributed by atoms with E-state index in [1.807, 2.05) is 0 Å². The number of hydrogen-bond acceptors (Lipinski definition) is 5. The van der Waals surface area contributed by atoms with Gasteiger partial charge in [-0.15, -0.1) is 0 Å². The summed E-state index contributed by atoms with van der Waals surface area (Å²) >= 11 is 0. The van der Waals surface area contributed by atoms with Gasteiger partial charge in [0.25, 0.3) is 11.5 Å². The minimum absolute atomic E-state index is 0.0106. The van der Waals surface area contributed by atoms with Crippen LogP contribution < -0.4 is 10.9 Å². The maximum absolute atomic E-state index is 12.2. The van der Waals surface area contributed by atoms with Crippen molar-refractivity contribution in [2.75, 3.05) is 6.54 Å². The molecule has 8 nitrogen and oxygen atoms in total. The first-order valence-electron chi connectivity index (χ1n) is 5.59. The lowest BCUT2D eigenvalue weighted by atomic mass is 10.2. The van der Waals surface area contributed by atoms with E-state index >= 15 is 0 Å². The van der Waals surface area contributed by atoms with Crippen molar-refractivity contribution >= 4 is 17.7 Å². The minimum Gasteiger partial charge on any atom is -0.316 e. The average Bonchev–Trinajstić information content (AvgIpc) is 2.36. The predicted octanol–water partition coefficient (Wildman–Crippen LogP) is -1.73. The Morgan fingerprint density at radius 1 is 1.37 bits per heavy atom. The van der Waals surface area contributed by atoms with Gasteiger partial charge in [-0.2, -0.15) is 5.10 Å². The highest BCUT2D eigenvalue weighted by molar-refractivity contribution is 6.06. The van der Waals surface area contributed by atoms with Crippen LogP contribution in [0.1, 0.15) is 17.4 Å². The van der Waals surface area contributed by atoms with E-state index in [1.54, 1.807) is 0 Å². The molecule has 1 aliphatic rings. The summed E-state index contributed by atoms with van der Waals surface area (Å²) in [6, 6.07) is 1.72. The monoisotopic (exact) mass is 264 g/mol. The van der Waals surface area contributed by atoms with Gasteiger partial charge in [-0.05, 0) is 13.0 Å². The van der Waals surface area contributed by atoms with Crippen LogP contribution in [-0.2, 0) is 16.6 Å². The first-order chi connectivity index (χ1) is 8.90. The molecule has 2 rings (SSSR count). The van der Waals surface area contributed by atoms with E-state index < -0.39 is 23.8 Å². The Morgan fingerprint density at radius 2 is 2.05 bits per heavy atom. The van der Waals surface area contributed by atoms with Crippen molar-refractivity contribution in [2.45, 2.75) is 13.0 Å². The fourth-order valence-corrected chi connectivity index (χ4v) is 1.73. The van der Waals surface area contributed by atoms with Gasteiger partial charge in [0.05, 0.1) is 0 Å². The Morgan fingerprint density at radius 3 is 2.68 bits per heavy atom. The van der Waals surface area contributed by atoms with Crippen LogP contribution in [0, 0.1) is 0 Å². The highest BCUT2D eigenvalue weighted by Crippen LogP contribution is 2.09. The van der Waals surface area contributed by atoms with Gasteiger partial charge in [0.2, 0.25) is 11.8 Å². The molecule has 8 heteroatoms. The zero-order chi connectivity index (χ0) is 14.2. The number of piperazine rings is 1. The Kier molecular flexibility index (Phi) is 3.16. The zero-order valence-electron chi connectivity index (χ0n) is 10.4. The number of nitrogens with zero attached hydrogens (tertiary/aromatic N) is 3. The van der Waals surface area contributed by atoms with Gasteiger partial charge in [-0.1, -0.05) is 0 Å². The quantitative estimate of drug-likeness (QED) is 0.607. The lowest BCUT2D eigenvalue weighted by Gasteiger charge is -2.31. The molecule has 1 atom stereocenters. The van der Waals surface area contributed by atoms with Crippen molar-refractivity contribution in [3.63, 3.8) is 0 Å². The number of aromatic nitrogens is 2. The highest BCUT2D eigenvalue weighted by atomic mass is 16.2. The Hall–Kier alpha value is -2.51. The van der Waals surface area contributed by atoms with Crippen LogP contribution in [0.4, 0.5) is 0 Å². The van der Waals surface area contributed by atoms with Gasteiger partial charge in [0.15, 0.2) is 0 Å². The van der Waals surface area contributed by atoms with Gasteiger partial charge in [-0.3, -0.25) is 24.5 Å². The molecule has 19 heavy (non-hydrogen) atoms. The summed E-state index contributed by atoms with van der Waals surface area (Å²) in [6.45, 7) is 1.30. The third-order valence-electron chi connectivity index (χ3n) is 2.86. The largest absolute Gasteiger partial charge is 0.316 e. The molecule has 3 amide bonds. The number of imide groups is 1. The molecular weight excluding hydrogens is 252 g/mol. The Labute approximate surface area is 108 Å². The lowest BCUT2D eigenvalue weighted by Crippen LogP contribution is -2.58. The van der Waals surface area contributed by atoms with Crippen molar-refractivity contribution < 1.29 is 14.4 Å². The standard InChI is InChI=1S/C11H12N4O4/c1-6-10(18)12-8(16)5-15(6)11(19)7-3-4-9(17)14(2)13-7/h3-4,6H,5H2,1-2H3,(H,12,16,18). The zero-order valence-corrected chi connectivity index (χ0v) is 10.4. The normalized spacial score (nSPS) is 19.3. The number of carbonyl (C=O) groups excluding carboxylic acids is 3. The molecule has 0 aliphatic carbocycles. The van der Waals surface area contributed by atoms with Crippen LogP contribution in [0.25, 0.3) is 0 Å². The van der Waals surface area contributed by atoms with E-state index in [1.165, 1.54) is 26.1 Å². The maximum Gasteiger partial charge on any atom is 0.275 e. The number of carbonyl (C=O) groups is 3. The fourth-order valence-electron chi connectivity index (χ4n) is 1.73. The molecular formula is C11H12N4O4. The summed E-state index contributed by atoms with van der Waals surface area (Å²) in [6.07, 6.45) is 0. The van der Waals surface area contributed by atoms with Gasteiger partial charge >= 0.3 is 0 Å². The van der Waals surface area contributed by atoms with Crippen molar-refractivity contribution in [2.24, 2.45) is 7.05 Å². The maximum atomic E-state index is 12.2. The predicted molar refractivity (Wildman–Crippen MR) is 63.1 cm³/mol. The number of nitrogens with one attached hydrogen (secondary N) is 1. The van der Waals surface area contributed by atoms with Gasteiger partial charge in [0.1, 0.15) is 18.3 Å². The first-order valence-corrected chi connectivity index (χ1v) is 5.59. The molecule has 0 saturated carbocycles. The van der Waals surface area contributed by atoms with Crippen molar-refractivity contribution in [1.29, 1.82) is 0 Å². The molecule has 1 fully saturated rings. The summed E-state index contributed by atoms with van der Waals surface area (Å²) in [4.78, 5) is 47.3. The lowest BCUT2D eigenvalue weighted by molar-refractivity contribution is -0.138. The molecule has 0 spiro atoms. The van der Waals surface area contributed by atoms with E-state index in [0.717, 1.165) is 9.58 Å². The second-order valence-corrected chi connectivity index (χ2v) is 4.20. The second-order valence-electron chi connectivity index (χ2n) is 4.20. The summed E-state index contributed by atoms with van der Waals surface area (Å²) in [7, 11) is 1.41. The molecule has 100 valence electrons. The number of amides is 3. The Balaban J connectivity index is 2.32. The smallest absolute Gasteiger partial charge is 0.275 e. The van der Waals surface area contributed by atoms with Crippen LogP contribution in [0.2, 0.25) is 0 Å².